The van der Waals surface area contributed by atoms with E-state index < -0.39 is 0 Å². The monoisotopic (exact) mass is 305 g/mol. The number of carbonyl (C=O) groups excluding carboxylic acids is 1. The number of hydrogen-bond acceptors (Lipinski definition) is 3. The Morgan fingerprint density at radius 2 is 2.18 bits per heavy atom. The fraction of sp³-hybridized carbons (Fsp3) is 0.500. The lowest BCUT2D eigenvalue weighted by molar-refractivity contribution is 0.0953. The summed E-state index contributed by atoms with van der Waals surface area (Å²) in [5.41, 5.74) is 1.83. The molecule has 1 aromatic carbocycles. The number of aromatic amines is 1. The molecule has 6 nitrogen and oxygen atoms in total. The fourth-order valence-electron chi connectivity index (χ4n) is 2.31. The molecule has 0 aliphatic carbocycles. The van der Waals surface area contributed by atoms with Gasteiger partial charge in [-0.15, -0.1) is 0 Å². The van der Waals surface area contributed by atoms with Crippen molar-refractivity contribution < 1.29 is 9.53 Å². The number of aromatic nitrogens is 2. The number of ether oxygens (including phenoxy) is 1. The number of rotatable bonds is 8. The maximum absolute atomic E-state index is 12.0. The summed E-state index contributed by atoms with van der Waals surface area (Å²) in [4.78, 5) is 26.8. The second kappa shape index (κ2) is 7.79. The molecular formula is C16H23N3O3. The molecular weight excluding hydrogens is 282 g/mol. The molecule has 0 bridgehead atoms. The Morgan fingerprint density at radius 1 is 1.36 bits per heavy atom. The van der Waals surface area contributed by atoms with Crippen molar-refractivity contribution in [2.45, 2.75) is 33.2 Å². The molecule has 0 unspecified atom stereocenters. The van der Waals surface area contributed by atoms with Gasteiger partial charge in [0.2, 0.25) is 0 Å². The van der Waals surface area contributed by atoms with Crippen LogP contribution in [0, 0.1) is 0 Å². The highest BCUT2D eigenvalue weighted by Gasteiger charge is 2.10. The number of unbranched alkanes of at least 4 members (excludes halogenated alkanes) is 1. The molecule has 2 aromatic rings. The first-order valence-corrected chi connectivity index (χ1v) is 7.75. The lowest BCUT2D eigenvalue weighted by Gasteiger charge is -2.06. The Hall–Kier alpha value is -2.08. The highest BCUT2D eigenvalue weighted by atomic mass is 16.5. The summed E-state index contributed by atoms with van der Waals surface area (Å²) < 4.78 is 6.92. The van der Waals surface area contributed by atoms with Gasteiger partial charge in [-0.1, -0.05) is 13.3 Å². The number of nitrogens with one attached hydrogen (secondary N) is 2. The summed E-state index contributed by atoms with van der Waals surface area (Å²) in [6.07, 6.45) is 1.99. The molecule has 1 amide bonds. The van der Waals surface area contributed by atoms with Gasteiger partial charge in [-0.3, -0.25) is 9.36 Å². The maximum atomic E-state index is 12.0. The summed E-state index contributed by atoms with van der Waals surface area (Å²) in [5, 5.41) is 2.87. The van der Waals surface area contributed by atoms with Crippen molar-refractivity contribution >= 4 is 16.9 Å². The SMILES string of the molecule is CCCCNC(=O)c1ccc2c(c1)[nH]c(=O)n2CCOCC. The summed E-state index contributed by atoms with van der Waals surface area (Å²) in [6.45, 7) is 6.27. The molecule has 0 atom stereocenters. The number of carbonyl (C=O) groups is 1. The zero-order valence-electron chi connectivity index (χ0n) is 13.1. The summed E-state index contributed by atoms with van der Waals surface area (Å²) in [6, 6.07) is 5.26. The van der Waals surface area contributed by atoms with Gasteiger partial charge in [0.05, 0.1) is 24.2 Å². The number of benzene rings is 1. The molecule has 2 N–H and O–H groups in total. The van der Waals surface area contributed by atoms with Crippen molar-refractivity contribution in [2.75, 3.05) is 19.8 Å². The van der Waals surface area contributed by atoms with Crippen LogP contribution in [0.15, 0.2) is 23.0 Å². The van der Waals surface area contributed by atoms with Gasteiger partial charge in [0, 0.05) is 18.7 Å². The fourth-order valence-corrected chi connectivity index (χ4v) is 2.31. The molecule has 0 aliphatic rings. The van der Waals surface area contributed by atoms with Crippen LogP contribution in [0.5, 0.6) is 0 Å². The molecule has 22 heavy (non-hydrogen) atoms. The van der Waals surface area contributed by atoms with E-state index in [-0.39, 0.29) is 11.6 Å². The van der Waals surface area contributed by atoms with E-state index in [9.17, 15) is 9.59 Å². The lowest BCUT2D eigenvalue weighted by Crippen LogP contribution is -2.24. The van der Waals surface area contributed by atoms with Gasteiger partial charge in [0.25, 0.3) is 5.91 Å². The third kappa shape index (κ3) is 3.76. The van der Waals surface area contributed by atoms with Crippen molar-refractivity contribution in [3.05, 3.63) is 34.2 Å². The quantitative estimate of drug-likeness (QED) is 0.731. The third-order valence-electron chi connectivity index (χ3n) is 3.52. The number of nitrogens with zero attached hydrogens (tertiary/aromatic N) is 1. The highest BCUT2D eigenvalue weighted by molar-refractivity contribution is 5.97. The number of amides is 1. The summed E-state index contributed by atoms with van der Waals surface area (Å²) >= 11 is 0. The molecule has 0 spiro atoms. The minimum absolute atomic E-state index is 0.113. The van der Waals surface area contributed by atoms with Crippen LogP contribution < -0.4 is 11.0 Å². The Balaban J connectivity index is 2.17. The van der Waals surface area contributed by atoms with E-state index >= 15 is 0 Å². The number of H-pyrrole nitrogens is 1. The van der Waals surface area contributed by atoms with Crippen LogP contribution in [0.2, 0.25) is 0 Å². The van der Waals surface area contributed by atoms with Crippen LogP contribution in [0.3, 0.4) is 0 Å². The van der Waals surface area contributed by atoms with Gasteiger partial charge < -0.3 is 15.0 Å². The van der Waals surface area contributed by atoms with Crippen LogP contribution in [-0.4, -0.2) is 35.2 Å². The first kappa shape index (κ1) is 16.3. The van der Waals surface area contributed by atoms with Gasteiger partial charge in [-0.25, -0.2) is 4.79 Å². The first-order chi connectivity index (χ1) is 10.7. The van der Waals surface area contributed by atoms with Crippen molar-refractivity contribution in [2.24, 2.45) is 0 Å². The maximum Gasteiger partial charge on any atom is 0.326 e. The predicted octanol–water partition coefficient (Wildman–Crippen LogP) is 1.90. The molecule has 0 saturated heterocycles. The van der Waals surface area contributed by atoms with E-state index in [1.165, 1.54) is 0 Å². The molecule has 0 aliphatic heterocycles. The van der Waals surface area contributed by atoms with Crippen molar-refractivity contribution in [3.63, 3.8) is 0 Å². The molecule has 1 aromatic heterocycles. The van der Waals surface area contributed by atoms with Crippen LogP contribution in [0.25, 0.3) is 11.0 Å². The zero-order chi connectivity index (χ0) is 15.9. The van der Waals surface area contributed by atoms with Gasteiger partial charge in [-0.05, 0) is 31.5 Å². The minimum Gasteiger partial charge on any atom is -0.380 e. The molecule has 1 heterocycles. The second-order valence-electron chi connectivity index (χ2n) is 5.12. The van der Waals surface area contributed by atoms with Crippen LogP contribution >= 0.6 is 0 Å². The smallest absolute Gasteiger partial charge is 0.326 e. The first-order valence-electron chi connectivity index (χ1n) is 7.75. The van der Waals surface area contributed by atoms with Gasteiger partial charge in [0.15, 0.2) is 0 Å². The van der Waals surface area contributed by atoms with Crippen molar-refractivity contribution in [3.8, 4) is 0 Å². The molecule has 120 valence electrons. The van der Waals surface area contributed by atoms with Crippen molar-refractivity contribution in [1.29, 1.82) is 0 Å². The number of fused-ring (bicyclic) bond motifs is 1. The van der Waals surface area contributed by atoms with E-state index in [2.05, 4.69) is 17.2 Å². The molecule has 0 fully saturated rings. The second-order valence-corrected chi connectivity index (χ2v) is 5.12. The summed E-state index contributed by atoms with van der Waals surface area (Å²) in [5.74, 6) is -0.113. The zero-order valence-corrected chi connectivity index (χ0v) is 13.1. The average molecular weight is 305 g/mol. The number of hydrogen-bond donors (Lipinski definition) is 2. The van der Waals surface area contributed by atoms with Crippen molar-refractivity contribution in [1.82, 2.24) is 14.9 Å². The Labute approximate surface area is 129 Å². The van der Waals surface area contributed by atoms with E-state index in [0.717, 1.165) is 18.4 Å². The lowest BCUT2D eigenvalue weighted by atomic mass is 10.2. The van der Waals surface area contributed by atoms with Gasteiger partial charge in [-0.2, -0.15) is 0 Å². The van der Waals surface area contributed by atoms with E-state index in [4.69, 9.17) is 4.74 Å². The molecule has 0 radical (unpaired) electrons. The largest absolute Gasteiger partial charge is 0.380 e. The standard InChI is InChI=1S/C16H23N3O3/c1-3-5-8-17-15(20)12-6-7-14-13(11-12)18-16(21)19(14)9-10-22-4-2/h6-7,11H,3-5,8-10H2,1-2H3,(H,17,20)(H,18,21). The van der Waals surface area contributed by atoms with E-state index in [1.807, 2.05) is 6.92 Å². The number of imidazole rings is 1. The van der Waals surface area contributed by atoms with Crippen LogP contribution in [0.1, 0.15) is 37.0 Å². The molecule has 0 saturated carbocycles. The summed E-state index contributed by atoms with van der Waals surface area (Å²) in [7, 11) is 0. The Kier molecular flexibility index (Phi) is 5.77. The van der Waals surface area contributed by atoms with Gasteiger partial charge >= 0.3 is 5.69 Å². The topological polar surface area (TPSA) is 76.1 Å². The highest BCUT2D eigenvalue weighted by Crippen LogP contribution is 2.13. The Bertz CT molecular complexity index is 687. The molecule has 6 heteroatoms. The van der Waals surface area contributed by atoms with Gasteiger partial charge in [0.1, 0.15) is 0 Å². The van der Waals surface area contributed by atoms with E-state index in [1.54, 1.807) is 22.8 Å². The Morgan fingerprint density at radius 3 is 2.91 bits per heavy atom. The predicted molar refractivity (Wildman–Crippen MR) is 86.3 cm³/mol. The minimum atomic E-state index is -0.182. The van der Waals surface area contributed by atoms with Crippen LogP contribution in [-0.2, 0) is 11.3 Å². The normalized spacial score (nSPS) is 11.0. The van der Waals surface area contributed by atoms with Crippen LogP contribution in [0.4, 0.5) is 0 Å². The third-order valence-corrected chi connectivity index (χ3v) is 3.52. The average Bonchev–Trinajstić information content (AvgIpc) is 2.82. The molecule has 2 rings (SSSR count). The van der Waals surface area contributed by atoms with E-state index in [0.29, 0.717) is 37.4 Å².